The molecular weight excluding hydrogens is 142 g/mol. The number of hydrogen-bond acceptors (Lipinski definition) is 2. The maximum atomic E-state index is 10.5. The topological polar surface area (TPSA) is 69.9 Å². The molecule has 1 aromatic carbocycles. The fourth-order valence-corrected chi connectivity index (χ4v) is 0.656. The number of rotatable bonds is 1. The average molecular weight is 147 g/mol. The lowest BCUT2D eigenvalue weighted by Crippen LogP contribution is -2.08. The minimum Gasteiger partial charge on any atom is -0.192 e. The van der Waals surface area contributed by atoms with Crippen LogP contribution >= 0.6 is 0 Å². The van der Waals surface area contributed by atoms with Crippen LogP contribution < -0.4 is 5.84 Å². The highest BCUT2D eigenvalue weighted by Crippen LogP contribution is 2.09. The first kappa shape index (κ1) is 7.22. The fraction of sp³-hybridized carbons (Fsp3) is 0. The summed E-state index contributed by atoms with van der Waals surface area (Å²) in [6, 6.07) is 8.80. The van der Waals surface area contributed by atoms with Crippen LogP contribution in [0.2, 0.25) is 0 Å². The largest absolute Gasteiger partial charge is 0.293 e. The Balaban J connectivity index is 3.13. The van der Waals surface area contributed by atoms with Crippen molar-refractivity contribution >= 4 is 5.69 Å². The molecule has 0 unspecified atom stereocenters. The van der Waals surface area contributed by atoms with Crippen LogP contribution in [0.4, 0.5) is 5.69 Å². The van der Waals surface area contributed by atoms with E-state index in [1.807, 2.05) is 6.07 Å². The minimum absolute atomic E-state index is 0.203. The summed E-state index contributed by atoms with van der Waals surface area (Å²) in [6.45, 7) is 0. The van der Waals surface area contributed by atoms with E-state index in [1.54, 1.807) is 0 Å². The van der Waals surface area contributed by atoms with Crippen LogP contribution in [0.1, 0.15) is 5.56 Å². The molecule has 0 aliphatic carbocycles. The highest BCUT2D eigenvalue weighted by molar-refractivity contribution is 5.39. The molecule has 0 saturated carbocycles. The summed E-state index contributed by atoms with van der Waals surface area (Å²) in [5.74, 6) is 4.89. The first-order valence-electron chi connectivity index (χ1n) is 2.88. The van der Waals surface area contributed by atoms with E-state index in [-0.39, 0.29) is 10.6 Å². The highest BCUT2D eigenvalue weighted by Gasteiger charge is 2.07. The Bertz CT molecular complexity index is 327. The molecule has 4 heteroatoms. The third-order valence-corrected chi connectivity index (χ3v) is 1.16. The van der Waals surface area contributed by atoms with Gasteiger partial charge in [-0.25, -0.2) is 0 Å². The lowest BCUT2D eigenvalue weighted by Gasteiger charge is -1.85. The van der Waals surface area contributed by atoms with E-state index in [9.17, 15) is 4.91 Å². The molecule has 0 heterocycles. The zero-order valence-electron chi connectivity index (χ0n) is 5.61. The molecule has 0 aliphatic rings. The molecule has 0 spiro atoms. The molecule has 4 nitrogen and oxygen atoms in total. The second-order valence-electron chi connectivity index (χ2n) is 1.90. The van der Waals surface area contributed by atoms with Crippen molar-refractivity contribution in [3.63, 3.8) is 0 Å². The van der Waals surface area contributed by atoms with E-state index in [1.165, 1.54) is 18.2 Å². The molecule has 0 amide bonds. The van der Waals surface area contributed by atoms with Gasteiger partial charge in [0, 0.05) is 18.2 Å². The van der Waals surface area contributed by atoms with Crippen LogP contribution in [0.25, 0.3) is 0 Å². The standard InChI is InChI=1S/C7H5N3O/c8-5-6-2-1-3-7(4-6)10(9)11/h1,3-4H,(H2,9,11)/q+1. The smallest absolute Gasteiger partial charge is 0.192 e. The number of nitrogens with two attached hydrogens (primary N) is 1. The van der Waals surface area contributed by atoms with E-state index in [0.29, 0.717) is 5.56 Å². The van der Waals surface area contributed by atoms with Gasteiger partial charge in [0.15, 0.2) is 4.87 Å². The highest BCUT2D eigenvalue weighted by atomic mass is 16.3. The normalized spacial score (nSPS) is 8.64. The van der Waals surface area contributed by atoms with Crippen molar-refractivity contribution in [2.75, 3.05) is 0 Å². The number of nitroso groups, excluding NO2 is 1. The van der Waals surface area contributed by atoms with Crippen LogP contribution in [-0.2, 0) is 0 Å². The van der Waals surface area contributed by atoms with Gasteiger partial charge in [-0.1, -0.05) is 0 Å². The summed E-state index contributed by atoms with van der Waals surface area (Å²) < 4.78 is 0. The first-order chi connectivity index (χ1) is 5.24. The number of nitrogens with zero attached hydrogens (tertiary/aromatic N) is 2. The van der Waals surface area contributed by atoms with Gasteiger partial charge in [-0.2, -0.15) is 11.1 Å². The molecule has 0 saturated heterocycles. The molecule has 0 bridgehead atoms. The summed E-state index contributed by atoms with van der Waals surface area (Å²) in [6.07, 6.45) is 0. The van der Waals surface area contributed by atoms with E-state index in [4.69, 9.17) is 11.1 Å². The zero-order valence-corrected chi connectivity index (χ0v) is 5.61. The summed E-state index contributed by atoms with van der Waals surface area (Å²) >= 11 is 0. The fourth-order valence-electron chi connectivity index (χ4n) is 0.656. The molecule has 1 aromatic rings. The summed E-state index contributed by atoms with van der Waals surface area (Å²) in [7, 11) is 0. The molecule has 0 atom stereocenters. The Morgan fingerprint density at radius 2 is 2.45 bits per heavy atom. The maximum absolute atomic E-state index is 10.5. The molecule has 11 heavy (non-hydrogen) atoms. The third kappa shape index (κ3) is 1.52. The van der Waals surface area contributed by atoms with Crippen LogP contribution in [0.3, 0.4) is 0 Å². The van der Waals surface area contributed by atoms with Crippen molar-refractivity contribution in [1.82, 2.24) is 0 Å². The van der Waals surface area contributed by atoms with Gasteiger partial charge in [0.25, 0.3) is 5.69 Å². The molecule has 1 rings (SSSR count). The number of nitriles is 1. The molecule has 1 radical (unpaired) electrons. The van der Waals surface area contributed by atoms with Gasteiger partial charge in [-0.05, 0) is 6.07 Å². The average Bonchev–Trinajstić information content (AvgIpc) is 2.05. The Kier molecular flexibility index (Phi) is 1.83. The van der Waals surface area contributed by atoms with Crippen LogP contribution in [-0.4, -0.2) is 4.87 Å². The van der Waals surface area contributed by atoms with Crippen molar-refractivity contribution < 1.29 is 4.87 Å². The predicted molar refractivity (Wildman–Crippen MR) is 37.5 cm³/mol. The van der Waals surface area contributed by atoms with Gasteiger partial charge < -0.3 is 0 Å². The predicted octanol–water partition coefficient (Wildman–Crippen LogP) is 0.643. The Labute approximate surface area is 63.4 Å². The molecular formula is C7H5N3O+. The summed E-state index contributed by atoms with van der Waals surface area (Å²) in [5, 5.41) is 8.40. The molecule has 0 aliphatic heterocycles. The second kappa shape index (κ2) is 2.80. The van der Waals surface area contributed by atoms with Crippen molar-refractivity contribution in [3.05, 3.63) is 34.7 Å². The van der Waals surface area contributed by atoms with E-state index < -0.39 is 0 Å². The number of hydrogen-bond donors (Lipinski definition) is 1. The van der Waals surface area contributed by atoms with Crippen molar-refractivity contribution in [1.29, 1.82) is 5.26 Å². The maximum Gasteiger partial charge on any atom is 0.293 e. The minimum atomic E-state index is 0.203. The van der Waals surface area contributed by atoms with Crippen LogP contribution in [0, 0.1) is 22.3 Å². The van der Waals surface area contributed by atoms with Crippen molar-refractivity contribution in [2.24, 2.45) is 5.84 Å². The van der Waals surface area contributed by atoms with Gasteiger partial charge in [-0.15, -0.1) is 0 Å². The van der Waals surface area contributed by atoms with Gasteiger partial charge in [0.1, 0.15) is 6.07 Å². The quantitative estimate of drug-likeness (QED) is 0.360. The molecule has 53 valence electrons. The second-order valence-corrected chi connectivity index (χ2v) is 1.90. The first-order valence-corrected chi connectivity index (χ1v) is 2.88. The number of hydrazine groups is 1. The van der Waals surface area contributed by atoms with Gasteiger partial charge in [0.05, 0.1) is 10.5 Å². The molecule has 0 fully saturated rings. The lowest BCUT2D eigenvalue weighted by atomic mass is 10.2. The molecule has 0 aromatic heterocycles. The van der Waals surface area contributed by atoms with Gasteiger partial charge in [-0.3, -0.25) is 0 Å². The van der Waals surface area contributed by atoms with Crippen LogP contribution in [0.5, 0.6) is 0 Å². The van der Waals surface area contributed by atoms with E-state index in [2.05, 4.69) is 6.07 Å². The third-order valence-electron chi connectivity index (χ3n) is 1.16. The lowest BCUT2D eigenvalue weighted by molar-refractivity contribution is -0.474. The van der Waals surface area contributed by atoms with Gasteiger partial charge in [0.2, 0.25) is 0 Å². The number of benzene rings is 1. The zero-order chi connectivity index (χ0) is 8.27. The Morgan fingerprint density at radius 1 is 1.73 bits per heavy atom. The van der Waals surface area contributed by atoms with Gasteiger partial charge >= 0.3 is 0 Å². The van der Waals surface area contributed by atoms with E-state index >= 15 is 0 Å². The Morgan fingerprint density at radius 3 is 3.00 bits per heavy atom. The van der Waals surface area contributed by atoms with Crippen molar-refractivity contribution in [3.8, 4) is 6.07 Å². The summed E-state index contributed by atoms with van der Waals surface area (Å²) in [5.41, 5.74) is 0.550. The summed E-state index contributed by atoms with van der Waals surface area (Å²) in [4.78, 5) is 10.7. The Hall–Kier alpha value is -1.89. The van der Waals surface area contributed by atoms with Crippen LogP contribution in [0.15, 0.2) is 18.2 Å². The molecule has 2 N–H and O–H groups in total. The SMILES string of the molecule is N#Cc1[c]ccc([N+](N)=O)c1. The monoisotopic (exact) mass is 147 g/mol. The van der Waals surface area contributed by atoms with Crippen molar-refractivity contribution in [2.45, 2.75) is 0 Å². The van der Waals surface area contributed by atoms with E-state index in [0.717, 1.165) is 0 Å².